The van der Waals surface area contributed by atoms with Crippen molar-refractivity contribution in [3.8, 4) is 67.5 Å². The molecule has 404 valence electrons. The number of fused-ring (bicyclic) bond motifs is 6. The molecule has 0 fully saturated rings. The number of benzene rings is 10. The van der Waals surface area contributed by atoms with E-state index in [4.69, 9.17) is 37.9 Å². The van der Waals surface area contributed by atoms with E-state index in [2.05, 4.69) is 84.9 Å². The average molecular weight is 1070 g/mol. The first kappa shape index (κ1) is 53.6. The third-order valence-corrected chi connectivity index (χ3v) is 15.4. The molecule has 10 aromatic carbocycles. The highest BCUT2D eigenvalue weighted by molar-refractivity contribution is 6.14. The fourth-order valence-corrected chi connectivity index (χ4v) is 11.7. The summed E-state index contributed by atoms with van der Waals surface area (Å²) >= 11 is 0. The number of hydrogen-bond donors (Lipinski definition) is 0. The first-order valence-corrected chi connectivity index (χ1v) is 26.8. The van der Waals surface area contributed by atoms with Crippen molar-refractivity contribution in [2.75, 3.05) is 55.6 Å². The molecule has 0 unspecified atom stereocenters. The van der Waals surface area contributed by atoms with Crippen molar-refractivity contribution in [1.29, 1.82) is 0 Å². The Morgan fingerprint density at radius 2 is 0.688 bits per heavy atom. The van der Waals surface area contributed by atoms with Crippen LogP contribution in [0.15, 0.2) is 170 Å². The van der Waals surface area contributed by atoms with Crippen LogP contribution in [0, 0.1) is 10.8 Å². The zero-order valence-electron chi connectivity index (χ0n) is 46.5. The van der Waals surface area contributed by atoms with Gasteiger partial charge in [0.05, 0.1) is 0 Å². The lowest BCUT2D eigenvalue weighted by Gasteiger charge is -2.22. The molecule has 0 atom stereocenters. The lowest BCUT2D eigenvalue weighted by Crippen LogP contribution is -2.18. The average Bonchev–Trinajstić information content (AvgIpc) is 3.94. The molecule has 2 aliphatic rings. The summed E-state index contributed by atoms with van der Waals surface area (Å²) in [7, 11) is 6.47. The number of ketones is 2. The maximum absolute atomic E-state index is 13.0. The summed E-state index contributed by atoms with van der Waals surface area (Å²) in [4.78, 5) is 25.9. The van der Waals surface area contributed by atoms with Crippen molar-refractivity contribution < 1.29 is 47.5 Å². The van der Waals surface area contributed by atoms with Gasteiger partial charge in [0, 0.05) is 83.8 Å². The zero-order valence-corrected chi connectivity index (χ0v) is 46.5. The van der Waals surface area contributed by atoms with Crippen molar-refractivity contribution in [3.05, 3.63) is 192 Å². The third kappa shape index (κ3) is 9.94. The van der Waals surface area contributed by atoms with Gasteiger partial charge in [-0.15, -0.1) is 0 Å². The molecule has 0 radical (unpaired) electrons. The number of rotatable bonds is 16. The van der Waals surface area contributed by atoms with E-state index >= 15 is 0 Å². The summed E-state index contributed by atoms with van der Waals surface area (Å²) in [5, 5.41) is 8.48. The Morgan fingerprint density at radius 3 is 1.06 bits per heavy atom. The van der Waals surface area contributed by atoms with Gasteiger partial charge in [0.1, 0.15) is 23.0 Å². The largest absolute Gasteiger partial charge is 0.467 e. The summed E-state index contributed by atoms with van der Waals surface area (Å²) < 4.78 is 46.6. The van der Waals surface area contributed by atoms with Crippen molar-refractivity contribution in [1.82, 2.24) is 0 Å². The molecule has 10 nitrogen and oxygen atoms in total. The molecule has 0 N–H and O–H groups in total. The second kappa shape index (κ2) is 22.4. The number of ether oxygens (including phenoxy) is 8. The van der Waals surface area contributed by atoms with Crippen LogP contribution in [0.5, 0.6) is 23.0 Å². The molecule has 0 saturated carbocycles. The van der Waals surface area contributed by atoms with Gasteiger partial charge in [-0.25, -0.2) is 0 Å². The normalized spacial score (nSPS) is 14.1. The molecule has 0 spiro atoms. The van der Waals surface area contributed by atoms with Crippen molar-refractivity contribution in [3.63, 3.8) is 0 Å². The Morgan fingerprint density at radius 1 is 0.350 bits per heavy atom. The van der Waals surface area contributed by atoms with Gasteiger partial charge in [-0.1, -0.05) is 173 Å². The summed E-state index contributed by atoms with van der Waals surface area (Å²) in [6.07, 6.45) is 1.42. The second-order valence-electron chi connectivity index (χ2n) is 21.7. The molecule has 0 aliphatic heterocycles. The highest BCUT2D eigenvalue weighted by Gasteiger charge is 2.39. The van der Waals surface area contributed by atoms with Gasteiger partial charge < -0.3 is 37.9 Å². The number of carbonyl (C=O) groups is 2. The van der Waals surface area contributed by atoms with Crippen LogP contribution in [0.4, 0.5) is 0 Å². The molecular formula is C70H64O10. The van der Waals surface area contributed by atoms with Crippen LogP contribution in [0.1, 0.15) is 59.5 Å². The smallest absolute Gasteiger partial charge is 0.188 e. The maximum Gasteiger partial charge on any atom is 0.188 e. The third-order valence-electron chi connectivity index (χ3n) is 15.4. The molecule has 0 aromatic heterocycles. The maximum atomic E-state index is 13.0. The summed E-state index contributed by atoms with van der Waals surface area (Å²) in [6.45, 7) is 8.44. The first-order chi connectivity index (χ1) is 38.8. The highest BCUT2D eigenvalue weighted by Crippen LogP contribution is 2.53. The van der Waals surface area contributed by atoms with Gasteiger partial charge in [0.2, 0.25) is 0 Å². The molecule has 0 bridgehead atoms. The van der Waals surface area contributed by atoms with E-state index in [1.54, 1.807) is 28.4 Å². The van der Waals surface area contributed by atoms with E-state index < -0.39 is 10.8 Å². The van der Waals surface area contributed by atoms with E-state index in [9.17, 15) is 9.59 Å². The Bertz CT molecular complexity index is 3760. The number of methoxy groups -OCH3 is 4. The van der Waals surface area contributed by atoms with Crippen molar-refractivity contribution >= 4 is 54.7 Å². The minimum absolute atomic E-state index is 0.0772. The van der Waals surface area contributed by atoms with E-state index in [-0.39, 0.29) is 38.7 Å². The Labute approximate surface area is 466 Å². The fourth-order valence-electron chi connectivity index (χ4n) is 11.7. The van der Waals surface area contributed by atoms with Gasteiger partial charge in [-0.2, -0.15) is 0 Å². The zero-order chi connectivity index (χ0) is 55.7. The van der Waals surface area contributed by atoms with Crippen LogP contribution in [-0.4, -0.2) is 67.2 Å². The van der Waals surface area contributed by atoms with E-state index in [0.29, 0.717) is 35.8 Å². The Kier molecular flexibility index (Phi) is 15.0. The van der Waals surface area contributed by atoms with E-state index in [1.807, 2.05) is 113 Å². The van der Waals surface area contributed by atoms with Gasteiger partial charge in [0.25, 0.3) is 0 Å². The molecule has 10 heteroatoms. The lowest BCUT2D eigenvalue weighted by atomic mass is 9.88. The van der Waals surface area contributed by atoms with Crippen molar-refractivity contribution in [2.24, 2.45) is 10.8 Å². The van der Waals surface area contributed by atoms with E-state index in [1.165, 1.54) is 0 Å². The van der Waals surface area contributed by atoms with Crippen LogP contribution >= 0.6 is 0 Å². The predicted molar refractivity (Wildman–Crippen MR) is 318 cm³/mol. The Balaban J connectivity index is 0.000000169. The molecule has 12 rings (SSSR count). The van der Waals surface area contributed by atoms with Crippen LogP contribution in [-0.2, 0) is 31.8 Å². The summed E-state index contributed by atoms with van der Waals surface area (Å²) in [5.41, 5.74) is 10.5. The van der Waals surface area contributed by atoms with Gasteiger partial charge in [-0.3, -0.25) is 9.59 Å². The Hall–Kier alpha value is -8.38. The number of hydrogen-bond acceptors (Lipinski definition) is 10. The minimum Gasteiger partial charge on any atom is -0.467 e. The number of carbonyl (C=O) groups excluding carboxylic acids is 2. The van der Waals surface area contributed by atoms with Crippen LogP contribution in [0.25, 0.3) is 87.6 Å². The summed E-state index contributed by atoms with van der Waals surface area (Å²) in [5.74, 6) is 3.18. The molecule has 2 aliphatic carbocycles. The molecule has 80 heavy (non-hydrogen) atoms. The first-order valence-electron chi connectivity index (χ1n) is 26.8. The predicted octanol–water partition coefficient (Wildman–Crippen LogP) is 16.1. The van der Waals surface area contributed by atoms with Gasteiger partial charge in [0.15, 0.2) is 38.7 Å². The lowest BCUT2D eigenvalue weighted by molar-refractivity contribution is 0.0504. The minimum atomic E-state index is -0.401. The van der Waals surface area contributed by atoms with Crippen LogP contribution in [0.2, 0.25) is 0 Å². The molecule has 0 saturated heterocycles. The monoisotopic (exact) mass is 1060 g/mol. The quantitative estimate of drug-likeness (QED) is 0.0868. The second-order valence-corrected chi connectivity index (χ2v) is 21.7. The van der Waals surface area contributed by atoms with Crippen LogP contribution < -0.4 is 18.9 Å². The highest BCUT2D eigenvalue weighted by atomic mass is 16.7. The van der Waals surface area contributed by atoms with Gasteiger partial charge >= 0.3 is 0 Å². The molecular weight excluding hydrogens is 1000 g/mol. The SMILES string of the molecule is COCOc1ccc2ccccc2c1-c1c(OCOC)c(-c2ccc3c(c2)CC(C)(C)C3=O)cc2ccccc12.COCOc1ccc2ccccc2c1-c1c(OCOC)c(-c2ccc3c(c2)CC(C)(C)C3=O)cc2ccccc12. The standard InChI is InChI=1S/2C35H32O5/c2*1-35(2)19-25-17-24(13-15-28(25)34(35)36)29-18-23-10-6-8-12-27(23)32(33(29)40-21-38-4)31-26-11-7-5-9-22(26)14-16-30(31)39-20-37-3/h2*5-18H,19-21H2,1-4H3. The van der Waals surface area contributed by atoms with Gasteiger partial charge in [-0.05, 0) is 102 Å². The molecule has 10 aromatic rings. The molecule has 0 heterocycles. The number of Topliss-reactive ketones (excluding diaryl/α,β-unsaturated/α-hetero) is 2. The summed E-state index contributed by atoms with van der Waals surface area (Å²) in [6, 6.07) is 57.8. The topological polar surface area (TPSA) is 108 Å². The molecule has 0 amide bonds. The van der Waals surface area contributed by atoms with Crippen LogP contribution in [0.3, 0.4) is 0 Å². The van der Waals surface area contributed by atoms with Crippen molar-refractivity contribution in [2.45, 2.75) is 40.5 Å². The fraction of sp³-hybridized carbons (Fsp3) is 0.229. The van der Waals surface area contributed by atoms with E-state index in [0.717, 1.165) is 110 Å².